The molecule has 1 aromatic carbocycles. The maximum absolute atomic E-state index is 11.0. The predicted molar refractivity (Wildman–Crippen MR) is 84.6 cm³/mol. The number of imidazole rings is 1. The first-order chi connectivity index (χ1) is 11.5. The molecule has 2 aromatic heterocycles. The number of hydrogen-bond acceptors (Lipinski definition) is 6. The maximum atomic E-state index is 11.0. The normalized spacial score (nSPS) is 10.4. The van der Waals surface area contributed by atoms with Crippen LogP contribution in [0.1, 0.15) is 24.1 Å². The quantitative estimate of drug-likeness (QED) is 0.543. The molecule has 0 saturated heterocycles. The zero-order valence-electron chi connectivity index (χ0n) is 13.4. The van der Waals surface area contributed by atoms with E-state index in [0.29, 0.717) is 34.4 Å². The number of esters is 1. The number of rotatable bonds is 3. The molecule has 3 aromatic rings. The topological polar surface area (TPSA) is 93.9 Å². The van der Waals surface area contributed by atoms with Gasteiger partial charge in [-0.25, -0.2) is 4.98 Å². The van der Waals surface area contributed by atoms with Crippen molar-refractivity contribution in [1.29, 1.82) is 5.26 Å². The molecule has 24 heavy (non-hydrogen) atoms. The van der Waals surface area contributed by atoms with Gasteiger partial charge in [-0.15, -0.1) is 0 Å². The second kappa shape index (κ2) is 6.01. The SMILES string of the molecule is CC(=O)Oc1ccc(-c2ncc(C#N)n2-c2c(C)noc2C)cc1. The summed E-state index contributed by atoms with van der Waals surface area (Å²) in [5.41, 5.74) is 2.51. The third kappa shape index (κ3) is 2.65. The molecule has 3 rings (SSSR count). The number of aryl methyl sites for hydroxylation is 2. The van der Waals surface area contributed by atoms with Gasteiger partial charge in [0.2, 0.25) is 0 Å². The number of carbonyl (C=O) groups excluding carboxylic acids is 1. The number of aromatic nitrogens is 3. The fraction of sp³-hybridized carbons (Fsp3) is 0.176. The number of hydrogen-bond donors (Lipinski definition) is 0. The molecule has 0 saturated carbocycles. The first-order valence-corrected chi connectivity index (χ1v) is 7.21. The lowest BCUT2D eigenvalue weighted by molar-refractivity contribution is -0.131. The van der Waals surface area contributed by atoms with Crippen molar-refractivity contribution in [2.45, 2.75) is 20.8 Å². The van der Waals surface area contributed by atoms with E-state index >= 15 is 0 Å². The number of carbonyl (C=O) groups is 1. The molecule has 0 fully saturated rings. The van der Waals surface area contributed by atoms with Crippen LogP contribution < -0.4 is 4.74 Å². The van der Waals surface area contributed by atoms with Gasteiger partial charge in [-0.1, -0.05) is 5.16 Å². The smallest absolute Gasteiger partial charge is 0.308 e. The highest BCUT2D eigenvalue weighted by Crippen LogP contribution is 2.28. The maximum Gasteiger partial charge on any atom is 0.308 e. The van der Waals surface area contributed by atoms with E-state index in [-0.39, 0.29) is 5.97 Å². The summed E-state index contributed by atoms with van der Waals surface area (Å²) in [4.78, 5) is 15.4. The Bertz CT molecular complexity index is 926. The van der Waals surface area contributed by atoms with E-state index in [9.17, 15) is 10.1 Å². The first-order valence-electron chi connectivity index (χ1n) is 7.21. The lowest BCUT2D eigenvalue weighted by Crippen LogP contribution is -2.03. The second-order valence-corrected chi connectivity index (χ2v) is 5.21. The number of ether oxygens (including phenoxy) is 1. The van der Waals surface area contributed by atoms with Gasteiger partial charge in [-0.3, -0.25) is 9.36 Å². The molecule has 0 radical (unpaired) electrons. The summed E-state index contributed by atoms with van der Waals surface area (Å²) in [5.74, 6) is 1.24. The molecule has 0 aliphatic carbocycles. The molecule has 7 heteroatoms. The lowest BCUT2D eigenvalue weighted by atomic mass is 10.2. The van der Waals surface area contributed by atoms with E-state index in [4.69, 9.17) is 9.26 Å². The summed E-state index contributed by atoms with van der Waals surface area (Å²) in [6.07, 6.45) is 1.50. The Balaban J connectivity index is 2.12. The minimum absolute atomic E-state index is 0.378. The predicted octanol–water partition coefficient (Wildman–Crippen LogP) is 2.94. The highest BCUT2D eigenvalue weighted by atomic mass is 16.5. The van der Waals surface area contributed by atoms with E-state index in [1.54, 1.807) is 42.7 Å². The summed E-state index contributed by atoms with van der Waals surface area (Å²) in [5, 5.41) is 13.3. The van der Waals surface area contributed by atoms with E-state index in [2.05, 4.69) is 16.2 Å². The molecule has 120 valence electrons. The summed E-state index contributed by atoms with van der Waals surface area (Å²) < 4.78 is 11.9. The summed E-state index contributed by atoms with van der Waals surface area (Å²) in [6.45, 7) is 4.93. The van der Waals surface area contributed by atoms with Crippen LogP contribution in [-0.2, 0) is 4.79 Å². The van der Waals surface area contributed by atoms with Crippen LogP contribution in [0, 0.1) is 25.2 Å². The van der Waals surface area contributed by atoms with Crippen LogP contribution in [0.25, 0.3) is 17.1 Å². The van der Waals surface area contributed by atoms with Crippen LogP contribution in [-0.4, -0.2) is 20.7 Å². The summed E-state index contributed by atoms with van der Waals surface area (Å²) >= 11 is 0. The lowest BCUT2D eigenvalue weighted by Gasteiger charge is -2.09. The Morgan fingerprint density at radius 2 is 2.00 bits per heavy atom. The minimum Gasteiger partial charge on any atom is -0.427 e. The van der Waals surface area contributed by atoms with Crippen molar-refractivity contribution in [2.75, 3.05) is 0 Å². The van der Waals surface area contributed by atoms with Crippen molar-refractivity contribution in [2.24, 2.45) is 0 Å². The number of nitrogens with zero attached hydrogens (tertiary/aromatic N) is 4. The van der Waals surface area contributed by atoms with Crippen molar-refractivity contribution in [3.8, 4) is 28.9 Å². The zero-order chi connectivity index (χ0) is 17.3. The molecule has 0 bridgehead atoms. The van der Waals surface area contributed by atoms with Crippen molar-refractivity contribution in [3.63, 3.8) is 0 Å². The van der Waals surface area contributed by atoms with E-state index in [0.717, 1.165) is 5.56 Å². The molecule has 0 spiro atoms. The molecule has 0 amide bonds. The largest absolute Gasteiger partial charge is 0.427 e. The van der Waals surface area contributed by atoms with Gasteiger partial charge in [0.1, 0.15) is 34.7 Å². The summed E-state index contributed by atoms with van der Waals surface area (Å²) in [6, 6.07) is 9.03. The highest BCUT2D eigenvalue weighted by Gasteiger charge is 2.20. The summed E-state index contributed by atoms with van der Waals surface area (Å²) in [7, 11) is 0. The molecule has 0 N–H and O–H groups in total. The van der Waals surface area contributed by atoms with Gasteiger partial charge < -0.3 is 9.26 Å². The number of benzene rings is 1. The average molecular weight is 322 g/mol. The van der Waals surface area contributed by atoms with Gasteiger partial charge in [0.05, 0.1) is 6.20 Å². The second-order valence-electron chi connectivity index (χ2n) is 5.21. The highest BCUT2D eigenvalue weighted by molar-refractivity contribution is 5.70. The van der Waals surface area contributed by atoms with Gasteiger partial charge in [-0.2, -0.15) is 5.26 Å². The van der Waals surface area contributed by atoms with Gasteiger partial charge in [0.15, 0.2) is 5.76 Å². The van der Waals surface area contributed by atoms with Crippen LogP contribution in [0.2, 0.25) is 0 Å². The van der Waals surface area contributed by atoms with E-state index in [1.165, 1.54) is 13.1 Å². The molecule has 2 heterocycles. The standard InChI is InChI=1S/C17H14N4O3/c1-10-16(11(2)24-20-10)21-14(8-18)9-19-17(21)13-4-6-15(7-5-13)23-12(3)22/h4-7,9H,1-3H3. The molecular weight excluding hydrogens is 308 g/mol. The Hall–Kier alpha value is -3.40. The van der Waals surface area contributed by atoms with Crippen molar-refractivity contribution in [3.05, 3.63) is 47.6 Å². The van der Waals surface area contributed by atoms with Crippen LogP contribution in [0.4, 0.5) is 0 Å². The average Bonchev–Trinajstić information content (AvgIpc) is 3.10. The van der Waals surface area contributed by atoms with Gasteiger partial charge >= 0.3 is 5.97 Å². The van der Waals surface area contributed by atoms with Crippen molar-refractivity contribution >= 4 is 5.97 Å². The fourth-order valence-corrected chi connectivity index (χ4v) is 2.50. The van der Waals surface area contributed by atoms with Gasteiger partial charge in [0.25, 0.3) is 0 Å². The Kier molecular flexibility index (Phi) is 3.88. The fourth-order valence-electron chi connectivity index (χ4n) is 2.50. The molecule has 0 aliphatic heterocycles. The zero-order valence-corrected chi connectivity index (χ0v) is 13.4. The van der Waals surface area contributed by atoms with Gasteiger partial charge in [0, 0.05) is 12.5 Å². The first kappa shape index (κ1) is 15.5. The third-order valence-corrected chi connectivity index (χ3v) is 3.47. The Morgan fingerprint density at radius 1 is 1.29 bits per heavy atom. The van der Waals surface area contributed by atoms with Crippen molar-refractivity contribution < 1.29 is 14.1 Å². The molecular formula is C17H14N4O3. The Labute approximate surface area is 138 Å². The number of nitriles is 1. The van der Waals surface area contributed by atoms with Crippen LogP contribution in [0.3, 0.4) is 0 Å². The molecule has 0 atom stereocenters. The van der Waals surface area contributed by atoms with E-state index < -0.39 is 0 Å². The molecule has 0 unspecified atom stereocenters. The van der Waals surface area contributed by atoms with Crippen LogP contribution >= 0.6 is 0 Å². The monoisotopic (exact) mass is 322 g/mol. The van der Waals surface area contributed by atoms with Crippen LogP contribution in [0.15, 0.2) is 35.0 Å². The molecule has 0 aliphatic rings. The van der Waals surface area contributed by atoms with Gasteiger partial charge in [-0.05, 0) is 38.1 Å². The Morgan fingerprint density at radius 3 is 2.54 bits per heavy atom. The van der Waals surface area contributed by atoms with E-state index in [1.807, 2.05) is 0 Å². The van der Waals surface area contributed by atoms with Crippen molar-refractivity contribution in [1.82, 2.24) is 14.7 Å². The third-order valence-electron chi connectivity index (χ3n) is 3.47. The molecule has 7 nitrogen and oxygen atoms in total. The van der Waals surface area contributed by atoms with Crippen LogP contribution in [0.5, 0.6) is 5.75 Å². The minimum atomic E-state index is -0.383.